The van der Waals surface area contributed by atoms with Gasteiger partial charge in [-0.05, 0) is 51.1 Å². The van der Waals surface area contributed by atoms with Gasteiger partial charge >= 0.3 is 11.6 Å². The van der Waals surface area contributed by atoms with Crippen LogP contribution in [0.2, 0.25) is 0 Å². The Hall–Kier alpha value is -2.48. The first kappa shape index (κ1) is 21.2. The summed E-state index contributed by atoms with van der Waals surface area (Å²) in [6.45, 7) is 6.58. The third kappa shape index (κ3) is 3.99. The second-order valence-electron chi connectivity index (χ2n) is 7.74. The Morgan fingerprint density at radius 1 is 1.07 bits per heavy atom. The number of alkyl halides is 3. The fraction of sp³-hybridized carbons (Fsp3) is 0.333. The third-order valence-electron chi connectivity index (χ3n) is 4.30. The molecule has 8 heteroatoms. The van der Waals surface area contributed by atoms with Crippen molar-refractivity contribution < 1.29 is 27.5 Å². The Balaban J connectivity index is 2.28. The molecule has 2 amide bonds. The molecule has 0 bridgehead atoms. The van der Waals surface area contributed by atoms with Crippen molar-refractivity contribution in [3.8, 4) is 0 Å². The van der Waals surface area contributed by atoms with Crippen molar-refractivity contribution in [3.05, 3.63) is 65.2 Å². The number of carbonyl (C=O) groups excluding carboxylic acids is 2. The van der Waals surface area contributed by atoms with E-state index in [0.29, 0.717) is 10.5 Å². The van der Waals surface area contributed by atoms with Crippen LogP contribution < -0.4 is 4.90 Å². The van der Waals surface area contributed by atoms with Crippen LogP contribution in [0.15, 0.2) is 48.5 Å². The largest absolute Gasteiger partial charge is 0.443 e. The van der Waals surface area contributed by atoms with Gasteiger partial charge in [-0.15, -0.1) is 0 Å². The summed E-state index contributed by atoms with van der Waals surface area (Å²) in [6, 6.07) is 12.3. The predicted octanol–water partition coefficient (Wildman–Crippen LogP) is 5.77. The van der Waals surface area contributed by atoms with Crippen LogP contribution in [0.1, 0.15) is 37.5 Å². The Bertz CT molecular complexity index is 954. The quantitative estimate of drug-likeness (QED) is 0.615. The summed E-state index contributed by atoms with van der Waals surface area (Å²) in [5.74, 6) is -0.999. The highest BCUT2D eigenvalue weighted by Gasteiger charge is 2.60. The van der Waals surface area contributed by atoms with Crippen LogP contribution in [0, 0.1) is 6.92 Å². The number of halogens is 3. The van der Waals surface area contributed by atoms with Gasteiger partial charge in [0.2, 0.25) is 0 Å². The van der Waals surface area contributed by atoms with Gasteiger partial charge in [-0.2, -0.15) is 13.2 Å². The second kappa shape index (κ2) is 7.09. The highest BCUT2D eigenvalue weighted by Crippen LogP contribution is 2.58. The van der Waals surface area contributed by atoms with Crippen molar-refractivity contribution in [2.75, 3.05) is 4.90 Å². The first-order valence-corrected chi connectivity index (χ1v) is 9.68. The minimum absolute atomic E-state index is 0.0930. The fourth-order valence-corrected chi connectivity index (χ4v) is 4.33. The zero-order chi connectivity index (χ0) is 21.6. The molecule has 0 saturated carbocycles. The fourth-order valence-electron chi connectivity index (χ4n) is 3.28. The number of ether oxygens (including phenoxy) is 1. The molecule has 0 radical (unpaired) electrons. The van der Waals surface area contributed by atoms with Crippen LogP contribution in [0.5, 0.6) is 0 Å². The number of aryl methyl sites for hydroxylation is 1. The standard InChI is InChI=1S/C21H20F3NO3S/c1-13-10-11-16-15(12-13)20(29-21(22,23)24,14-8-6-5-7-9-14)17(26)25(16)18(27)28-19(2,3)4/h5-12H,1-4H3/t20-/m0/s1. The molecule has 1 heterocycles. The Morgan fingerprint density at radius 3 is 2.24 bits per heavy atom. The zero-order valence-electron chi connectivity index (χ0n) is 16.3. The molecule has 154 valence electrons. The number of anilines is 1. The van der Waals surface area contributed by atoms with Gasteiger partial charge in [-0.3, -0.25) is 4.79 Å². The molecule has 1 aliphatic rings. The lowest BCUT2D eigenvalue weighted by Crippen LogP contribution is -2.45. The van der Waals surface area contributed by atoms with Gasteiger partial charge in [-0.25, -0.2) is 9.69 Å². The maximum atomic E-state index is 13.7. The molecule has 0 aliphatic carbocycles. The van der Waals surface area contributed by atoms with E-state index in [1.165, 1.54) is 24.3 Å². The molecular weight excluding hydrogens is 403 g/mol. The number of fused-ring (bicyclic) bond motifs is 1. The number of benzene rings is 2. The van der Waals surface area contributed by atoms with Crippen molar-refractivity contribution >= 4 is 29.4 Å². The highest BCUT2D eigenvalue weighted by molar-refractivity contribution is 8.02. The van der Waals surface area contributed by atoms with Crippen molar-refractivity contribution in [2.24, 2.45) is 0 Å². The number of rotatable bonds is 2. The summed E-state index contributed by atoms with van der Waals surface area (Å²) in [4.78, 5) is 27.0. The van der Waals surface area contributed by atoms with Crippen LogP contribution in [-0.2, 0) is 14.3 Å². The van der Waals surface area contributed by atoms with Crippen molar-refractivity contribution in [2.45, 2.75) is 43.6 Å². The van der Waals surface area contributed by atoms with E-state index in [-0.39, 0.29) is 16.8 Å². The molecule has 4 nitrogen and oxygen atoms in total. The summed E-state index contributed by atoms with van der Waals surface area (Å²) in [5.41, 5.74) is -4.62. The molecule has 1 atom stereocenters. The molecule has 3 rings (SSSR count). The van der Waals surface area contributed by atoms with Crippen LogP contribution >= 0.6 is 11.8 Å². The van der Waals surface area contributed by atoms with Gasteiger partial charge in [0.25, 0.3) is 5.91 Å². The second-order valence-corrected chi connectivity index (χ2v) is 9.02. The average Bonchev–Trinajstić information content (AvgIpc) is 2.82. The van der Waals surface area contributed by atoms with E-state index in [0.717, 1.165) is 0 Å². The molecule has 0 spiro atoms. The van der Waals surface area contributed by atoms with Crippen LogP contribution in [0.25, 0.3) is 0 Å². The van der Waals surface area contributed by atoms with Crippen LogP contribution in [-0.4, -0.2) is 23.1 Å². The van der Waals surface area contributed by atoms with Gasteiger partial charge in [0, 0.05) is 5.56 Å². The Kier molecular flexibility index (Phi) is 5.19. The van der Waals surface area contributed by atoms with E-state index in [9.17, 15) is 22.8 Å². The molecule has 0 aromatic heterocycles. The van der Waals surface area contributed by atoms with Gasteiger partial charge in [-0.1, -0.05) is 48.0 Å². The topological polar surface area (TPSA) is 46.6 Å². The average molecular weight is 423 g/mol. The number of amides is 2. The summed E-state index contributed by atoms with van der Waals surface area (Å²) in [5, 5.41) is 0. The first-order chi connectivity index (χ1) is 13.3. The maximum absolute atomic E-state index is 13.7. The minimum Gasteiger partial charge on any atom is -0.443 e. The smallest absolute Gasteiger partial charge is 0.443 e. The number of hydrogen-bond donors (Lipinski definition) is 0. The van der Waals surface area contributed by atoms with Gasteiger partial charge in [0.05, 0.1) is 5.69 Å². The third-order valence-corrected chi connectivity index (χ3v) is 5.47. The highest BCUT2D eigenvalue weighted by atomic mass is 32.2. The van der Waals surface area contributed by atoms with Crippen LogP contribution in [0.4, 0.5) is 23.7 Å². The van der Waals surface area contributed by atoms with E-state index in [1.54, 1.807) is 52.0 Å². The molecule has 2 aromatic rings. The van der Waals surface area contributed by atoms with Gasteiger partial charge < -0.3 is 4.74 Å². The monoisotopic (exact) mass is 423 g/mol. The number of imide groups is 1. The number of thioether (sulfide) groups is 1. The molecule has 2 aromatic carbocycles. The van der Waals surface area contributed by atoms with E-state index >= 15 is 0 Å². The van der Waals surface area contributed by atoms with Crippen molar-refractivity contribution in [1.29, 1.82) is 0 Å². The summed E-state index contributed by atoms with van der Waals surface area (Å²) >= 11 is -0.435. The van der Waals surface area contributed by atoms with Crippen molar-refractivity contribution in [3.63, 3.8) is 0 Å². The SMILES string of the molecule is Cc1ccc2c(c1)[C@@](SC(F)(F)F)(c1ccccc1)C(=O)N2C(=O)OC(C)(C)C. The van der Waals surface area contributed by atoms with E-state index in [2.05, 4.69) is 0 Å². The van der Waals surface area contributed by atoms with Gasteiger partial charge in [0.15, 0.2) is 4.75 Å². The molecule has 0 saturated heterocycles. The minimum atomic E-state index is -4.73. The maximum Gasteiger partial charge on any atom is 0.443 e. The normalized spacial score (nSPS) is 19.3. The lowest BCUT2D eigenvalue weighted by atomic mass is 9.90. The number of nitrogens with zero attached hydrogens (tertiary/aromatic N) is 1. The first-order valence-electron chi connectivity index (χ1n) is 8.86. The molecule has 1 aliphatic heterocycles. The lowest BCUT2D eigenvalue weighted by molar-refractivity contribution is -0.119. The Morgan fingerprint density at radius 2 is 1.69 bits per heavy atom. The number of carbonyl (C=O) groups is 2. The lowest BCUT2D eigenvalue weighted by Gasteiger charge is -2.30. The molecule has 0 unspecified atom stereocenters. The molecule has 29 heavy (non-hydrogen) atoms. The molecular formula is C21H20F3NO3S. The summed E-state index contributed by atoms with van der Waals surface area (Å²) in [6.07, 6.45) is -1.01. The zero-order valence-corrected chi connectivity index (χ0v) is 17.1. The van der Waals surface area contributed by atoms with E-state index < -0.39 is 39.6 Å². The number of hydrogen-bond acceptors (Lipinski definition) is 4. The summed E-state index contributed by atoms with van der Waals surface area (Å²) < 4.78 is 44.2. The predicted molar refractivity (Wildman–Crippen MR) is 106 cm³/mol. The molecule has 0 N–H and O–H groups in total. The van der Waals surface area contributed by atoms with E-state index in [4.69, 9.17) is 4.74 Å². The van der Waals surface area contributed by atoms with Crippen LogP contribution in [0.3, 0.4) is 0 Å². The Labute approximate surface area is 171 Å². The van der Waals surface area contributed by atoms with Crippen molar-refractivity contribution in [1.82, 2.24) is 0 Å². The summed E-state index contributed by atoms with van der Waals surface area (Å²) in [7, 11) is 0. The van der Waals surface area contributed by atoms with E-state index in [1.807, 2.05) is 0 Å². The van der Waals surface area contributed by atoms with Gasteiger partial charge in [0.1, 0.15) is 5.60 Å². The molecule has 0 fully saturated rings.